The van der Waals surface area contributed by atoms with Gasteiger partial charge in [0.15, 0.2) is 0 Å². The SMILES string of the molecule is Fc1cc2[nH]cc(Cl)c2cc1I. The number of hydrogen-bond acceptors (Lipinski definition) is 0. The molecule has 12 heavy (non-hydrogen) atoms. The molecule has 4 heteroatoms. The molecule has 0 saturated carbocycles. The molecule has 1 aromatic carbocycles. The van der Waals surface area contributed by atoms with Gasteiger partial charge in [-0.25, -0.2) is 4.39 Å². The molecule has 0 aliphatic rings. The molecule has 1 nitrogen and oxygen atoms in total. The average molecular weight is 295 g/mol. The number of aromatic nitrogens is 1. The van der Waals surface area contributed by atoms with Crippen LogP contribution in [-0.2, 0) is 0 Å². The highest BCUT2D eigenvalue weighted by Crippen LogP contribution is 2.26. The lowest BCUT2D eigenvalue weighted by Crippen LogP contribution is -1.80. The summed E-state index contributed by atoms with van der Waals surface area (Å²) in [6.07, 6.45) is 1.65. The predicted molar refractivity (Wildman–Crippen MR) is 56.0 cm³/mol. The molecule has 0 radical (unpaired) electrons. The van der Waals surface area contributed by atoms with Crippen LogP contribution in [-0.4, -0.2) is 4.98 Å². The lowest BCUT2D eigenvalue weighted by atomic mass is 10.2. The second-order valence-corrected chi connectivity index (χ2v) is 4.02. The normalized spacial score (nSPS) is 10.9. The van der Waals surface area contributed by atoms with E-state index >= 15 is 0 Å². The summed E-state index contributed by atoms with van der Waals surface area (Å²) < 4.78 is 13.6. The summed E-state index contributed by atoms with van der Waals surface area (Å²) in [7, 11) is 0. The Bertz CT molecular complexity index is 438. The maximum Gasteiger partial charge on any atom is 0.138 e. The van der Waals surface area contributed by atoms with Gasteiger partial charge >= 0.3 is 0 Å². The van der Waals surface area contributed by atoms with Crippen LogP contribution in [0.1, 0.15) is 0 Å². The fraction of sp³-hybridized carbons (Fsp3) is 0. The summed E-state index contributed by atoms with van der Waals surface area (Å²) in [6, 6.07) is 3.17. The minimum atomic E-state index is -0.221. The third-order valence-electron chi connectivity index (χ3n) is 1.67. The van der Waals surface area contributed by atoms with E-state index in [-0.39, 0.29) is 5.82 Å². The Morgan fingerprint density at radius 1 is 1.42 bits per heavy atom. The van der Waals surface area contributed by atoms with Gasteiger partial charge in [-0.2, -0.15) is 0 Å². The van der Waals surface area contributed by atoms with E-state index in [0.717, 1.165) is 10.9 Å². The van der Waals surface area contributed by atoms with Gasteiger partial charge in [0, 0.05) is 20.7 Å². The van der Waals surface area contributed by atoms with Gasteiger partial charge in [-0.3, -0.25) is 0 Å². The summed E-state index contributed by atoms with van der Waals surface area (Å²) in [6.45, 7) is 0. The molecule has 0 amide bonds. The van der Waals surface area contributed by atoms with Crippen LogP contribution in [0.15, 0.2) is 18.3 Å². The molecule has 0 atom stereocenters. The van der Waals surface area contributed by atoms with Crippen LogP contribution in [0.5, 0.6) is 0 Å². The molecule has 2 rings (SSSR count). The minimum Gasteiger partial charge on any atom is -0.360 e. The van der Waals surface area contributed by atoms with Crippen LogP contribution in [0.4, 0.5) is 4.39 Å². The quantitative estimate of drug-likeness (QED) is 0.715. The van der Waals surface area contributed by atoms with Gasteiger partial charge in [-0.15, -0.1) is 0 Å². The number of hydrogen-bond donors (Lipinski definition) is 1. The van der Waals surface area contributed by atoms with E-state index in [0.29, 0.717) is 8.59 Å². The van der Waals surface area contributed by atoms with Crippen LogP contribution in [0.25, 0.3) is 10.9 Å². The fourth-order valence-electron chi connectivity index (χ4n) is 1.08. The van der Waals surface area contributed by atoms with E-state index in [4.69, 9.17) is 11.6 Å². The number of halogens is 3. The van der Waals surface area contributed by atoms with Gasteiger partial charge in [0.25, 0.3) is 0 Å². The highest BCUT2D eigenvalue weighted by atomic mass is 127. The van der Waals surface area contributed by atoms with Crippen molar-refractivity contribution in [1.29, 1.82) is 0 Å². The van der Waals surface area contributed by atoms with Crippen LogP contribution in [0.3, 0.4) is 0 Å². The largest absolute Gasteiger partial charge is 0.360 e. The van der Waals surface area contributed by atoms with Crippen molar-refractivity contribution in [2.75, 3.05) is 0 Å². The van der Waals surface area contributed by atoms with Crippen molar-refractivity contribution in [2.45, 2.75) is 0 Å². The third kappa shape index (κ3) is 1.21. The highest BCUT2D eigenvalue weighted by Gasteiger charge is 2.05. The van der Waals surface area contributed by atoms with Gasteiger partial charge < -0.3 is 4.98 Å². The first-order valence-electron chi connectivity index (χ1n) is 3.30. The Kier molecular flexibility index (Phi) is 2.00. The first kappa shape index (κ1) is 8.31. The molecule has 0 fully saturated rings. The Morgan fingerprint density at radius 2 is 2.17 bits per heavy atom. The van der Waals surface area contributed by atoms with Crippen LogP contribution in [0.2, 0.25) is 5.02 Å². The van der Waals surface area contributed by atoms with Crippen LogP contribution < -0.4 is 0 Å². The second kappa shape index (κ2) is 2.88. The smallest absolute Gasteiger partial charge is 0.138 e. The first-order chi connectivity index (χ1) is 5.68. The third-order valence-corrected chi connectivity index (χ3v) is 2.81. The summed E-state index contributed by atoms with van der Waals surface area (Å²) in [4.78, 5) is 2.88. The zero-order valence-corrected chi connectivity index (χ0v) is 8.78. The molecule has 62 valence electrons. The standard InChI is InChI=1S/C8H4ClFIN/c9-5-3-12-8-2-6(10)7(11)1-4(5)8/h1-3,12H. The van der Waals surface area contributed by atoms with Crippen molar-refractivity contribution in [2.24, 2.45) is 0 Å². The molecule has 1 N–H and O–H groups in total. The monoisotopic (exact) mass is 295 g/mol. The van der Waals surface area contributed by atoms with E-state index in [2.05, 4.69) is 4.98 Å². The number of fused-ring (bicyclic) bond motifs is 1. The number of nitrogens with one attached hydrogen (secondary N) is 1. The van der Waals surface area contributed by atoms with Crippen molar-refractivity contribution >= 4 is 45.1 Å². The van der Waals surface area contributed by atoms with Gasteiger partial charge in [0.05, 0.1) is 5.02 Å². The maximum absolute atomic E-state index is 13.0. The van der Waals surface area contributed by atoms with Crippen molar-refractivity contribution in [3.63, 3.8) is 0 Å². The zero-order chi connectivity index (χ0) is 8.72. The minimum absolute atomic E-state index is 0.221. The molecule has 0 aliphatic heterocycles. The highest BCUT2D eigenvalue weighted by molar-refractivity contribution is 14.1. The molecule has 0 saturated heterocycles. The van der Waals surface area contributed by atoms with Crippen molar-refractivity contribution in [1.82, 2.24) is 4.98 Å². The molecule has 1 aromatic heterocycles. The van der Waals surface area contributed by atoms with E-state index in [1.807, 2.05) is 22.6 Å². The predicted octanol–water partition coefficient (Wildman–Crippen LogP) is 3.57. The van der Waals surface area contributed by atoms with Gasteiger partial charge in [0.2, 0.25) is 0 Å². The molecule has 2 aromatic rings. The number of aromatic amines is 1. The fourth-order valence-corrected chi connectivity index (χ4v) is 1.76. The van der Waals surface area contributed by atoms with Gasteiger partial charge in [0.1, 0.15) is 5.82 Å². The van der Waals surface area contributed by atoms with Gasteiger partial charge in [-0.1, -0.05) is 11.6 Å². The van der Waals surface area contributed by atoms with Crippen molar-refractivity contribution < 1.29 is 4.39 Å². The van der Waals surface area contributed by atoms with E-state index in [1.54, 1.807) is 12.3 Å². The molecule has 0 spiro atoms. The Labute approximate surface area is 87.1 Å². The number of rotatable bonds is 0. The van der Waals surface area contributed by atoms with Crippen molar-refractivity contribution in [3.05, 3.63) is 32.7 Å². The first-order valence-corrected chi connectivity index (χ1v) is 4.76. The van der Waals surface area contributed by atoms with Crippen LogP contribution >= 0.6 is 34.2 Å². The summed E-state index contributed by atoms with van der Waals surface area (Å²) in [5.74, 6) is -0.221. The number of H-pyrrole nitrogens is 1. The summed E-state index contributed by atoms with van der Waals surface area (Å²) in [5.41, 5.74) is 0.734. The summed E-state index contributed by atoms with van der Waals surface area (Å²) in [5, 5.41) is 1.49. The van der Waals surface area contributed by atoms with E-state index in [9.17, 15) is 4.39 Å². The molecular formula is C8H4ClFIN. The Hall–Kier alpha value is -0.290. The Balaban J connectivity index is 2.87. The second-order valence-electron chi connectivity index (χ2n) is 2.45. The van der Waals surface area contributed by atoms with E-state index < -0.39 is 0 Å². The van der Waals surface area contributed by atoms with E-state index in [1.165, 1.54) is 6.07 Å². The molecule has 0 bridgehead atoms. The lowest BCUT2D eigenvalue weighted by Gasteiger charge is -1.94. The summed E-state index contributed by atoms with van der Waals surface area (Å²) >= 11 is 7.78. The average Bonchev–Trinajstić information content (AvgIpc) is 2.35. The molecule has 0 unspecified atom stereocenters. The maximum atomic E-state index is 13.0. The van der Waals surface area contributed by atoms with Gasteiger partial charge in [-0.05, 0) is 34.7 Å². The number of benzene rings is 1. The topological polar surface area (TPSA) is 15.8 Å². The molecule has 1 heterocycles. The lowest BCUT2D eigenvalue weighted by molar-refractivity contribution is 0.622. The Morgan fingerprint density at radius 3 is 2.92 bits per heavy atom. The van der Waals surface area contributed by atoms with Crippen molar-refractivity contribution in [3.8, 4) is 0 Å². The van der Waals surface area contributed by atoms with Crippen LogP contribution in [0, 0.1) is 9.39 Å². The zero-order valence-electron chi connectivity index (χ0n) is 5.87. The molecular weight excluding hydrogens is 291 g/mol. The molecule has 0 aliphatic carbocycles.